The highest BCUT2D eigenvalue weighted by Gasteiger charge is 2.28. The molecule has 3 nitrogen and oxygen atoms in total. The van der Waals surface area contributed by atoms with Gasteiger partial charge < -0.3 is 5.11 Å². The van der Waals surface area contributed by atoms with E-state index in [1.807, 2.05) is 23.5 Å². The molecule has 0 aliphatic carbocycles. The van der Waals surface area contributed by atoms with Crippen molar-refractivity contribution in [1.29, 1.82) is 0 Å². The van der Waals surface area contributed by atoms with E-state index in [1.54, 1.807) is 6.07 Å². The fourth-order valence-corrected chi connectivity index (χ4v) is 5.34. The molecule has 0 unspecified atom stereocenters. The second-order valence-electron chi connectivity index (χ2n) is 8.97. The standard InChI is InChI=1S/C25H35NO2S/c1-4-9-24(28)25(2,3)15-8-7-11-21(20-10-5-6-12-22(20)27)26-16-13-23-19(18-26)14-17-29-23/h5-6,10,12,14,17,21,27H,4,7-9,11,13,15-16,18H2,1-3H3/t21-/m0/s1. The Morgan fingerprint density at radius 2 is 2.03 bits per heavy atom. The number of thiophene rings is 1. The number of nitrogens with zero attached hydrogens (tertiary/aromatic N) is 1. The second-order valence-corrected chi connectivity index (χ2v) is 9.97. The highest BCUT2D eigenvalue weighted by Crippen LogP contribution is 2.37. The van der Waals surface area contributed by atoms with E-state index in [0.29, 0.717) is 18.0 Å². The number of carbonyl (C=O) groups is 1. The zero-order chi connectivity index (χ0) is 20.9. The summed E-state index contributed by atoms with van der Waals surface area (Å²) >= 11 is 1.86. The number of unbranched alkanes of at least 4 members (excludes halogenated alkanes) is 1. The predicted molar refractivity (Wildman–Crippen MR) is 121 cm³/mol. The first-order chi connectivity index (χ1) is 13.9. The van der Waals surface area contributed by atoms with E-state index in [0.717, 1.165) is 57.2 Å². The third-order valence-corrected chi connectivity index (χ3v) is 7.36. The molecule has 0 bridgehead atoms. The van der Waals surface area contributed by atoms with Gasteiger partial charge in [-0.25, -0.2) is 0 Å². The van der Waals surface area contributed by atoms with Crippen molar-refractivity contribution in [3.63, 3.8) is 0 Å². The van der Waals surface area contributed by atoms with Gasteiger partial charge in [-0.1, -0.05) is 51.8 Å². The van der Waals surface area contributed by atoms with Crippen LogP contribution in [0.25, 0.3) is 0 Å². The van der Waals surface area contributed by atoms with E-state index in [4.69, 9.17) is 0 Å². The molecule has 0 fully saturated rings. The van der Waals surface area contributed by atoms with E-state index in [9.17, 15) is 9.90 Å². The SMILES string of the molecule is CCCC(=O)C(C)(C)CCCC[C@@H](c1ccccc1O)N1CCc2sccc2C1. The fourth-order valence-electron chi connectivity index (χ4n) is 4.45. The Morgan fingerprint density at radius 3 is 2.79 bits per heavy atom. The summed E-state index contributed by atoms with van der Waals surface area (Å²) in [6.45, 7) is 8.25. The molecule has 1 aliphatic heterocycles. The van der Waals surface area contributed by atoms with Gasteiger partial charge in [0.1, 0.15) is 11.5 Å². The number of benzene rings is 1. The Labute approximate surface area is 179 Å². The van der Waals surface area contributed by atoms with Gasteiger partial charge in [-0.3, -0.25) is 9.69 Å². The molecular formula is C25H35NO2S. The van der Waals surface area contributed by atoms with Crippen molar-refractivity contribution in [1.82, 2.24) is 4.90 Å². The van der Waals surface area contributed by atoms with Crippen molar-refractivity contribution >= 4 is 17.1 Å². The number of para-hydroxylation sites is 1. The summed E-state index contributed by atoms with van der Waals surface area (Å²) in [4.78, 5) is 16.4. The van der Waals surface area contributed by atoms with Crippen LogP contribution in [0.1, 0.15) is 81.3 Å². The van der Waals surface area contributed by atoms with Crippen LogP contribution in [-0.4, -0.2) is 22.3 Å². The molecule has 1 aliphatic rings. The van der Waals surface area contributed by atoms with Crippen molar-refractivity contribution in [2.24, 2.45) is 5.41 Å². The number of aromatic hydroxyl groups is 1. The molecule has 3 rings (SSSR count). The van der Waals surface area contributed by atoms with Crippen molar-refractivity contribution in [2.75, 3.05) is 6.54 Å². The van der Waals surface area contributed by atoms with Crippen LogP contribution in [-0.2, 0) is 17.8 Å². The molecule has 158 valence electrons. The van der Waals surface area contributed by atoms with Crippen LogP contribution in [0, 0.1) is 5.41 Å². The molecule has 0 saturated carbocycles. The van der Waals surface area contributed by atoms with Gasteiger partial charge in [0.2, 0.25) is 0 Å². The van der Waals surface area contributed by atoms with Crippen LogP contribution < -0.4 is 0 Å². The van der Waals surface area contributed by atoms with Crippen molar-refractivity contribution in [3.8, 4) is 5.75 Å². The third-order valence-electron chi connectivity index (χ3n) is 6.33. The number of phenols is 1. The number of phenolic OH excluding ortho intramolecular Hbond substituents is 1. The van der Waals surface area contributed by atoms with Crippen LogP contribution in [0.4, 0.5) is 0 Å². The van der Waals surface area contributed by atoms with Gasteiger partial charge in [-0.15, -0.1) is 11.3 Å². The minimum absolute atomic E-state index is 0.221. The van der Waals surface area contributed by atoms with Crippen molar-refractivity contribution < 1.29 is 9.90 Å². The summed E-state index contributed by atoms with van der Waals surface area (Å²) in [6, 6.07) is 10.3. The normalized spacial score (nSPS) is 15.8. The Balaban J connectivity index is 1.65. The minimum Gasteiger partial charge on any atom is -0.508 e. The van der Waals surface area contributed by atoms with Crippen molar-refractivity contribution in [3.05, 3.63) is 51.7 Å². The van der Waals surface area contributed by atoms with E-state index < -0.39 is 0 Å². The molecule has 0 amide bonds. The molecule has 0 saturated heterocycles. The lowest BCUT2D eigenvalue weighted by atomic mass is 9.80. The maximum Gasteiger partial charge on any atom is 0.138 e. The monoisotopic (exact) mass is 413 g/mol. The third kappa shape index (κ3) is 5.49. The molecule has 1 aromatic carbocycles. The lowest BCUT2D eigenvalue weighted by molar-refractivity contribution is -0.127. The highest BCUT2D eigenvalue weighted by atomic mass is 32.1. The van der Waals surface area contributed by atoms with Gasteiger partial charge in [-0.2, -0.15) is 0 Å². The number of carbonyl (C=O) groups excluding carboxylic acids is 1. The largest absolute Gasteiger partial charge is 0.508 e. The first-order valence-corrected chi connectivity index (χ1v) is 11.9. The number of ketones is 1. The zero-order valence-corrected chi connectivity index (χ0v) is 18.9. The Kier molecular flexibility index (Phi) is 7.53. The van der Waals surface area contributed by atoms with Crippen molar-refractivity contribution in [2.45, 2.75) is 78.3 Å². The molecule has 0 spiro atoms. The summed E-state index contributed by atoms with van der Waals surface area (Å²) in [6.07, 6.45) is 6.76. The molecule has 29 heavy (non-hydrogen) atoms. The summed E-state index contributed by atoms with van der Waals surface area (Å²) in [7, 11) is 0. The summed E-state index contributed by atoms with van der Waals surface area (Å²) in [5.74, 6) is 0.783. The van der Waals surface area contributed by atoms with E-state index >= 15 is 0 Å². The molecule has 1 atom stereocenters. The average molecular weight is 414 g/mol. The molecular weight excluding hydrogens is 378 g/mol. The van der Waals surface area contributed by atoms with Gasteiger partial charge in [-0.05, 0) is 48.8 Å². The number of hydrogen-bond donors (Lipinski definition) is 1. The summed E-state index contributed by atoms with van der Waals surface area (Å²) in [5, 5.41) is 12.7. The molecule has 4 heteroatoms. The molecule has 1 aromatic heterocycles. The van der Waals surface area contributed by atoms with Gasteiger partial charge in [0.25, 0.3) is 0 Å². The molecule has 0 radical (unpaired) electrons. The fraction of sp³-hybridized carbons (Fsp3) is 0.560. The van der Waals surface area contributed by atoms with E-state index in [1.165, 1.54) is 10.4 Å². The number of fused-ring (bicyclic) bond motifs is 1. The van der Waals surface area contributed by atoms with Gasteiger partial charge in [0.15, 0.2) is 0 Å². The first kappa shape index (κ1) is 22.0. The number of hydrogen-bond acceptors (Lipinski definition) is 4. The molecule has 1 N–H and O–H groups in total. The maximum atomic E-state index is 12.4. The molecule has 2 aromatic rings. The van der Waals surface area contributed by atoms with Crippen LogP contribution in [0.15, 0.2) is 35.7 Å². The highest BCUT2D eigenvalue weighted by molar-refractivity contribution is 7.10. The van der Waals surface area contributed by atoms with Crippen LogP contribution >= 0.6 is 11.3 Å². The topological polar surface area (TPSA) is 40.5 Å². The zero-order valence-electron chi connectivity index (χ0n) is 18.1. The molecule has 2 heterocycles. The predicted octanol–water partition coefficient (Wildman–Crippen LogP) is 6.51. The minimum atomic E-state index is -0.225. The average Bonchev–Trinajstić information content (AvgIpc) is 3.17. The van der Waals surface area contributed by atoms with E-state index in [2.05, 4.69) is 43.2 Å². The lowest BCUT2D eigenvalue weighted by Crippen LogP contribution is -2.33. The first-order valence-electron chi connectivity index (χ1n) is 11.0. The summed E-state index contributed by atoms with van der Waals surface area (Å²) < 4.78 is 0. The maximum absolute atomic E-state index is 12.4. The quantitative estimate of drug-likeness (QED) is 0.451. The van der Waals surface area contributed by atoms with Gasteiger partial charge in [0, 0.05) is 41.4 Å². The van der Waals surface area contributed by atoms with Crippen LogP contribution in [0.2, 0.25) is 0 Å². The van der Waals surface area contributed by atoms with Gasteiger partial charge in [0.05, 0.1) is 0 Å². The van der Waals surface area contributed by atoms with Crippen LogP contribution in [0.5, 0.6) is 5.75 Å². The van der Waals surface area contributed by atoms with E-state index in [-0.39, 0.29) is 11.5 Å². The number of rotatable bonds is 10. The van der Waals surface area contributed by atoms with Crippen LogP contribution in [0.3, 0.4) is 0 Å². The second kappa shape index (κ2) is 9.90. The summed E-state index contributed by atoms with van der Waals surface area (Å²) in [5.41, 5.74) is 2.25. The Bertz CT molecular complexity index is 811. The smallest absolute Gasteiger partial charge is 0.138 e. The lowest BCUT2D eigenvalue weighted by Gasteiger charge is -2.35. The Hall–Kier alpha value is -1.65. The number of Topliss-reactive ketones (excluding diaryl/α,β-unsaturated/α-hetero) is 1. The Morgan fingerprint density at radius 1 is 1.24 bits per heavy atom. The van der Waals surface area contributed by atoms with Gasteiger partial charge >= 0.3 is 0 Å².